The summed E-state index contributed by atoms with van der Waals surface area (Å²) < 4.78 is 0. The van der Waals surface area contributed by atoms with E-state index < -0.39 is 0 Å². The maximum absolute atomic E-state index is 4.48. The summed E-state index contributed by atoms with van der Waals surface area (Å²) in [6.45, 7) is 6.90. The van der Waals surface area contributed by atoms with Crippen LogP contribution < -0.4 is 5.32 Å². The summed E-state index contributed by atoms with van der Waals surface area (Å²) in [5, 5.41) is 3.64. The van der Waals surface area contributed by atoms with Gasteiger partial charge in [-0.25, -0.2) is 0 Å². The molecule has 2 unspecified atom stereocenters. The summed E-state index contributed by atoms with van der Waals surface area (Å²) in [4.78, 5) is 6.88. The number of likely N-dealkylation sites (tertiary alicyclic amines) is 1. The Bertz CT molecular complexity index is 498. The van der Waals surface area contributed by atoms with Crippen LogP contribution in [-0.4, -0.2) is 37.0 Å². The van der Waals surface area contributed by atoms with Gasteiger partial charge in [0.25, 0.3) is 0 Å². The minimum atomic E-state index is 0. The summed E-state index contributed by atoms with van der Waals surface area (Å²) in [6.07, 6.45) is 2.47. The number of halogens is 1. The van der Waals surface area contributed by atoms with E-state index in [2.05, 4.69) is 59.4 Å². The van der Waals surface area contributed by atoms with Crippen LogP contribution >= 0.6 is 24.0 Å². The lowest BCUT2D eigenvalue weighted by molar-refractivity contribution is 0.370. The highest BCUT2D eigenvalue weighted by molar-refractivity contribution is 14.0. The van der Waals surface area contributed by atoms with E-state index >= 15 is 0 Å². The Kier molecular flexibility index (Phi) is 5.17. The zero-order valence-electron chi connectivity index (χ0n) is 13.2. The van der Waals surface area contributed by atoms with Gasteiger partial charge in [-0.2, -0.15) is 0 Å². The Labute approximate surface area is 145 Å². The van der Waals surface area contributed by atoms with E-state index in [0.29, 0.717) is 17.4 Å². The third kappa shape index (κ3) is 3.90. The van der Waals surface area contributed by atoms with Gasteiger partial charge in [-0.3, -0.25) is 4.99 Å². The topological polar surface area (TPSA) is 27.6 Å². The average Bonchev–Trinajstić information content (AvgIpc) is 3.13. The Hall–Kier alpha value is -0.780. The first-order valence-corrected chi connectivity index (χ1v) is 7.62. The Morgan fingerprint density at radius 3 is 2.57 bits per heavy atom. The zero-order valence-corrected chi connectivity index (χ0v) is 15.5. The van der Waals surface area contributed by atoms with Crippen molar-refractivity contribution in [3.05, 3.63) is 35.9 Å². The lowest BCUT2D eigenvalue weighted by atomic mass is 9.93. The zero-order chi connectivity index (χ0) is 14.2. The standard InChI is InChI=1S/C17H25N3.HI/c1-17(2)9-10-20(12-17)16(18-3)19-15-11-14(15)13-7-5-4-6-8-13;/h4-8,14-15H,9-12H2,1-3H3,(H,18,19);1H. The molecule has 0 spiro atoms. The van der Waals surface area contributed by atoms with E-state index in [1.165, 1.54) is 18.4 Å². The molecule has 2 fully saturated rings. The van der Waals surface area contributed by atoms with Crippen LogP contribution in [-0.2, 0) is 0 Å². The number of nitrogens with zero attached hydrogens (tertiary/aromatic N) is 2. The quantitative estimate of drug-likeness (QED) is 0.469. The summed E-state index contributed by atoms with van der Waals surface area (Å²) >= 11 is 0. The first-order valence-electron chi connectivity index (χ1n) is 7.62. The van der Waals surface area contributed by atoms with Crippen LogP contribution in [0.2, 0.25) is 0 Å². The van der Waals surface area contributed by atoms with E-state index in [1.54, 1.807) is 0 Å². The van der Waals surface area contributed by atoms with Crippen LogP contribution in [0.4, 0.5) is 0 Å². The number of aliphatic imine (C=N–C) groups is 1. The van der Waals surface area contributed by atoms with Gasteiger partial charge in [0.05, 0.1) is 0 Å². The Morgan fingerprint density at radius 1 is 1.29 bits per heavy atom. The van der Waals surface area contributed by atoms with Crippen LogP contribution in [0.1, 0.15) is 38.2 Å². The van der Waals surface area contributed by atoms with Crippen LogP contribution in [0.5, 0.6) is 0 Å². The second-order valence-electron chi connectivity index (χ2n) is 6.89. The van der Waals surface area contributed by atoms with Crippen molar-refractivity contribution in [3.63, 3.8) is 0 Å². The van der Waals surface area contributed by atoms with Gasteiger partial charge in [0, 0.05) is 32.1 Å². The van der Waals surface area contributed by atoms with Crippen LogP contribution in [0.15, 0.2) is 35.3 Å². The van der Waals surface area contributed by atoms with Crippen molar-refractivity contribution >= 4 is 29.9 Å². The fourth-order valence-electron chi connectivity index (χ4n) is 3.18. The minimum Gasteiger partial charge on any atom is -0.353 e. The largest absolute Gasteiger partial charge is 0.353 e. The van der Waals surface area contributed by atoms with E-state index in [0.717, 1.165) is 19.0 Å². The van der Waals surface area contributed by atoms with Gasteiger partial charge < -0.3 is 10.2 Å². The van der Waals surface area contributed by atoms with Crippen molar-refractivity contribution in [2.45, 2.75) is 38.6 Å². The first kappa shape index (κ1) is 16.6. The monoisotopic (exact) mass is 399 g/mol. The molecule has 1 aromatic rings. The molecule has 2 atom stereocenters. The van der Waals surface area contributed by atoms with Crippen molar-refractivity contribution in [1.82, 2.24) is 10.2 Å². The van der Waals surface area contributed by atoms with E-state index in [-0.39, 0.29) is 24.0 Å². The van der Waals surface area contributed by atoms with Gasteiger partial charge in [-0.15, -0.1) is 24.0 Å². The van der Waals surface area contributed by atoms with E-state index in [4.69, 9.17) is 0 Å². The van der Waals surface area contributed by atoms with Crippen molar-refractivity contribution in [2.24, 2.45) is 10.4 Å². The highest BCUT2D eigenvalue weighted by Crippen LogP contribution is 2.41. The summed E-state index contributed by atoms with van der Waals surface area (Å²) in [6, 6.07) is 11.4. The van der Waals surface area contributed by atoms with Crippen LogP contribution in [0, 0.1) is 5.41 Å². The summed E-state index contributed by atoms with van der Waals surface area (Å²) in [7, 11) is 1.90. The highest BCUT2D eigenvalue weighted by atomic mass is 127. The SMILES string of the molecule is CN=C(NC1CC1c1ccccc1)N1CCC(C)(C)C1.I. The third-order valence-corrected chi connectivity index (χ3v) is 4.52. The summed E-state index contributed by atoms with van der Waals surface area (Å²) in [5.74, 6) is 1.74. The van der Waals surface area contributed by atoms with Crippen LogP contribution in [0.25, 0.3) is 0 Å². The van der Waals surface area contributed by atoms with Crippen LogP contribution in [0.3, 0.4) is 0 Å². The third-order valence-electron chi connectivity index (χ3n) is 4.52. The predicted molar refractivity (Wildman–Crippen MR) is 99.5 cm³/mol. The number of benzene rings is 1. The Balaban J connectivity index is 0.00000161. The van der Waals surface area contributed by atoms with Gasteiger partial charge in [0.2, 0.25) is 0 Å². The number of guanidine groups is 1. The molecule has 116 valence electrons. The predicted octanol–water partition coefficient (Wildman–Crippen LogP) is 3.47. The van der Waals surface area contributed by atoms with Crippen molar-refractivity contribution < 1.29 is 0 Å². The van der Waals surface area contributed by atoms with Gasteiger partial charge in [-0.1, -0.05) is 44.2 Å². The molecule has 0 amide bonds. The number of hydrogen-bond donors (Lipinski definition) is 1. The molecule has 1 heterocycles. The molecule has 3 rings (SSSR count). The molecule has 1 saturated heterocycles. The van der Waals surface area contributed by atoms with Crippen molar-refractivity contribution in [1.29, 1.82) is 0 Å². The molecule has 1 saturated carbocycles. The first-order chi connectivity index (χ1) is 9.59. The molecule has 1 aromatic carbocycles. The molecule has 1 aliphatic carbocycles. The average molecular weight is 399 g/mol. The molecule has 1 aliphatic heterocycles. The van der Waals surface area contributed by atoms with E-state index in [9.17, 15) is 0 Å². The second-order valence-corrected chi connectivity index (χ2v) is 6.89. The molecule has 2 aliphatic rings. The molecular formula is C17H26IN3. The minimum absolute atomic E-state index is 0. The van der Waals surface area contributed by atoms with Gasteiger partial charge >= 0.3 is 0 Å². The number of rotatable bonds is 2. The lowest BCUT2D eigenvalue weighted by Crippen LogP contribution is -2.42. The highest BCUT2D eigenvalue weighted by Gasteiger charge is 2.40. The molecule has 0 radical (unpaired) electrons. The molecule has 3 nitrogen and oxygen atoms in total. The molecule has 0 bridgehead atoms. The van der Waals surface area contributed by atoms with E-state index in [1.807, 2.05) is 7.05 Å². The fraction of sp³-hybridized carbons (Fsp3) is 0.588. The maximum atomic E-state index is 4.48. The Morgan fingerprint density at radius 2 is 2.00 bits per heavy atom. The normalized spacial score (nSPS) is 27.2. The summed E-state index contributed by atoms with van der Waals surface area (Å²) in [5.41, 5.74) is 1.86. The second kappa shape index (κ2) is 6.55. The van der Waals surface area contributed by atoms with Crippen molar-refractivity contribution in [2.75, 3.05) is 20.1 Å². The molecule has 4 heteroatoms. The van der Waals surface area contributed by atoms with Crippen molar-refractivity contribution in [3.8, 4) is 0 Å². The lowest BCUT2D eigenvalue weighted by Gasteiger charge is -2.23. The number of hydrogen-bond acceptors (Lipinski definition) is 1. The van der Waals surface area contributed by atoms with Gasteiger partial charge in [0.15, 0.2) is 5.96 Å². The molecule has 0 aromatic heterocycles. The number of nitrogens with one attached hydrogen (secondary N) is 1. The van der Waals surface area contributed by atoms with Gasteiger partial charge in [0.1, 0.15) is 0 Å². The smallest absolute Gasteiger partial charge is 0.193 e. The molecule has 1 N–H and O–H groups in total. The molecule has 21 heavy (non-hydrogen) atoms. The molecular weight excluding hydrogens is 373 g/mol. The fourth-order valence-corrected chi connectivity index (χ4v) is 3.18. The maximum Gasteiger partial charge on any atom is 0.193 e. The van der Waals surface area contributed by atoms with Gasteiger partial charge in [-0.05, 0) is 23.8 Å².